The van der Waals surface area contributed by atoms with Gasteiger partial charge in [0.2, 0.25) is 0 Å². The molecule has 0 spiro atoms. The Morgan fingerprint density at radius 3 is 2.28 bits per heavy atom. The Kier molecular flexibility index (Phi) is 8.03. The topological polar surface area (TPSA) is 92.8 Å². The number of carbonyl (C=O) groups excluding carboxylic acids is 2. The average Bonchev–Trinajstić information content (AvgIpc) is 2.83. The molecule has 1 atom stereocenters. The van der Waals surface area contributed by atoms with Gasteiger partial charge in [0.15, 0.2) is 6.10 Å². The zero-order valence-electron chi connectivity index (χ0n) is 19.3. The Morgan fingerprint density at radius 1 is 0.972 bits per heavy atom. The van der Waals surface area contributed by atoms with Crippen molar-refractivity contribution in [1.29, 1.82) is 0 Å². The number of alkyl halides is 3. The number of nitrogens with zero attached hydrogens (tertiary/aromatic N) is 1. The SMILES string of the molecule is C[C@@H](OC(=O)c1ccccc1NS(=O)(=O)c1cccc(C(F)(F)F)c1)C(=O)N(C)Cc1ccccc1. The summed E-state index contributed by atoms with van der Waals surface area (Å²) in [5, 5.41) is 0. The highest BCUT2D eigenvalue weighted by Gasteiger charge is 2.32. The highest BCUT2D eigenvalue weighted by molar-refractivity contribution is 7.92. The summed E-state index contributed by atoms with van der Waals surface area (Å²) < 4.78 is 71.9. The van der Waals surface area contributed by atoms with Gasteiger partial charge in [0, 0.05) is 13.6 Å². The summed E-state index contributed by atoms with van der Waals surface area (Å²) in [5.41, 5.74) is -0.679. The number of rotatable bonds is 8. The van der Waals surface area contributed by atoms with E-state index in [2.05, 4.69) is 4.72 Å². The van der Waals surface area contributed by atoms with Crippen LogP contribution in [0.3, 0.4) is 0 Å². The summed E-state index contributed by atoms with van der Waals surface area (Å²) in [6.45, 7) is 1.67. The molecule has 0 heterocycles. The van der Waals surface area contributed by atoms with Gasteiger partial charge in [-0.3, -0.25) is 9.52 Å². The number of anilines is 1. The lowest BCUT2D eigenvalue weighted by Gasteiger charge is -2.22. The van der Waals surface area contributed by atoms with Gasteiger partial charge < -0.3 is 9.64 Å². The van der Waals surface area contributed by atoms with Gasteiger partial charge >= 0.3 is 12.1 Å². The molecule has 3 aromatic carbocycles. The van der Waals surface area contributed by atoms with Crippen LogP contribution in [0.5, 0.6) is 0 Å². The summed E-state index contributed by atoms with van der Waals surface area (Å²) in [5.74, 6) is -1.46. The molecule has 0 radical (unpaired) electrons. The second kappa shape index (κ2) is 10.8. The molecule has 0 saturated heterocycles. The Labute approximate surface area is 206 Å². The molecular formula is C25H23F3N2O5S. The minimum absolute atomic E-state index is 0.210. The first kappa shape index (κ1) is 26.7. The van der Waals surface area contributed by atoms with Crippen LogP contribution in [-0.4, -0.2) is 38.3 Å². The van der Waals surface area contributed by atoms with Crippen molar-refractivity contribution in [2.75, 3.05) is 11.8 Å². The zero-order chi connectivity index (χ0) is 26.5. The van der Waals surface area contributed by atoms with Crippen molar-refractivity contribution in [3.05, 3.63) is 95.6 Å². The number of para-hydroxylation sites is 1. The van der Waals surface area contributed by atoms with Crippen molar-refractivity contribution in [3.63, 3.8) is 0 Å². The van der Waals surface area contributed by atoms with Crippen LogP contribution in [0.2, 0.25) is 0 Å². The average molecular weight is 521 g/mol. The largest absolute Gasteiger partial charge is 0.449 e. The molecule has 0 aliphatic heterocycles. The van der Waals surface area contributed by atoms with E-state index in [1.807, 2.05) is 30.3 Å². The van der Waals surface area contributed by atoms with Crippen LogP contribution >= 0.6 is 0 Å². The standard InChI is InChI=1S/C25H23F3N2O5S/c1-17(23(31)30(2)16-18-9-4-3-5-10-18)35-24(32)21-13-6-7-14-22(21)29-36(33,34)20-12-8-11-19(15-20)25(26,27)28/h3-15,17,29H,16H2,1-2H3/t17-/m1/s1. The number of ether oxygens (including phenoxy) is 1. The van der Waals surface area contributed by atoms with E-state index < -0.39 is 44.6 Å². The summed E-state index contributed by atoms with van der Waals surface area (Å²) in [7, 11) is -2.93. The van der Waals surface area contributed by atoms with Gasteiger partial charge in [-0.2, -0.15) is 13.2 Å². The fourth-order valence-corrected chi connectivity index (χ4v) is 4.44. The molecule has 7 nitrogen and oxygen atoms in total. The fraction of sp³-hybridized carbons (Fsp3) is 0.200. The third-order valence-electron chi connectivity index (χ3n) is 5.13. The van der Waals surface area contributed by atoms with E-state index in [1.54, 1.807) is 7.05 Å². The minimum atomic E-state index is -4.73. The Hall–Kier alpha value is -3.86. The van der Waals surface area contributed by atoms with Crippen molar-refractivity contribution in [2.45, 2.75) is 30.6 Å². The van der Waals surface area contributed by atoms with Gasteiger partial charge in [-0.1, -0.05) is 48.5 Å². The van der Waals surface area contributed by atoms with Gasteiger partial charge in [-0.25, -0.2) is 13.2 Å². The van der Waals surface area contributed by atoms with E-state index in [1.165, 1.54) is 36.1 Å². The number of benzene rings is 3. The molecule has 0 saturated carbocycles. The predicted molar refractivity (Wildman–Crippen MR) is 126 cm³/mol. The van der Waals surface area contributed by atoms with Crippen LogP contribution in [0.15, 0.2) is 83.8 Å². The van der Waals surface area contributed by atoms with Crippen LogP contribution in [0.4, 0.5) is 18.9 Å². The third-order valence-corrected chi connectivity index (χ3v) is 6.50. The Bertz CT molecular complexity index is 1350. The maximum absolute atomic E-state index is 13.0. The number of esters is 1. The third kappa shape index (κ3) is 6.63. The van der Waals surface area contributed by atoms with Gasteiger partial charge in [0.05, 0.1) is 21.7 Å². The Balaban J connectivity index is 1.75. The lowest BCUT2D eigenvalue weighted by Crippen LogP contribution is -2.37. The second-order valence-electron chi connectivity index (χ2n) is 7.90. The number of likely N-dealkylation sites (N-methyl/N-ethyl adjacent to an activating group) is 1. The maximum atomic E-state index is 13.0. The molecule has 1 amide bonds. The monoisotopic (exact) mass is 520 g/mol. The number of carbonyl (C=O) groups is 2. The van der Waals surface area contributed by atoms with E-state index >= 15 is 0 Å². The quantitative estimate of drug-likeness (QED) is 0.435. The first-order chi connectivity index (χ1) is 16.9. The number of hydrogen-bond donors (Lipinski definition) is 1. The molecule has 1 N–H and O–H groups in total. The van der Waals surface area contributed by atoms with Crippen LogP contribution in [0.1, 0.15) is 28.4 Å². The molecule has 3 aromatic rings. The van der Waals surface area contributed by atoms with Crippen LogP contribution < -0.4 is 4.72 Å². The van der Waals surface area contributed by atoms with E-state index in [0.717, 1.165) is 23.8 Å². The van der Waals surface area contributed by atoms with Crippen LogP contribution in [0, 0.1) is 0 Å². The molecule has 0 aromatic heterocycles. The van der Waals surface area contributed by atoms with Gasteiger partial charge in [-0.15, -0.1) is 0 Å². The zero-order valence-corrected chi connectivity index (χ0v) is 20.1. The van der Waals surface area contributed by atoms with E-state index in [9.17, 15) is 31.2 Å². The van der Waals surface area contributed by atoms with Crippen molar-refractivity contribution in [1.82, 2.24) is 4.90 Å². The molecule has 3 rings (SSSR count). The van der Waals surface area contributed by atoms with Gasteiger partial charge in [-0.05, 0) is 42.8 Å². The molecule has 190 valence electrons. The second-order valence-corrected chi connectivity index (χ2v) is 9.59. The molecule has 0 fully saturated rings. The minimum Gasteiger partial charge on any atom is -0.449 e. The number of sulfonamides is 1. The summed E-state index contributed by atoms with van der Waals surface area (Å²) in [6.07, 6.45) is -5.91. The first-order valence-corrected chi connectivity index (χ1v) is 12.2. The lowest BCUT2D eigenvalue weighted by atomic mass is 10.2. The predicted octanol–water partition coefficient (Wildman–Crippen LogP) is 4.71. The maximum Gasteiger partial charge on any atom is 0.416 e. The van der Waals surface area contributed by atoms with Crippen molar-refractivity contribution in [2.24, 2.45) is 0 Å². The lowest BCUT2D eigenvalue weighted by molar-refractivity contribution is -0.139. The van der Waals surface area contributed by atoms with Crippen LogP contribution in [-0.2, 0) is 32.3 Å². The molecule has 0 aliphatic rings. The van der Waals surface area contributed by atoms with Crippen molar-refractivity contribution in [3.8, 4) is 0 Å². The normalized spacial score (nSPS) is 12.5. The summed E-state index contributed by atoms with van der Waals surface area (Å²) in [4.78, 5) is 26.2. The number of halogens is 3. The van der Waals surface area contributed by atoms with Crippen LogP contribution in [0.25, 0.3) is 0 Å². The number of amides is 1. The highest BCUT2D eigenvalue weighted by atomic mass is 32.2. The van der Waals surface area contributed by atoms with E-state index in [-0.39, 0.29) is 17.8 Å². The van der Waals surface area contributed by atoms with Gasteiger partial charge in [0.1, 0.15) is 0 Å². The molecule has 0 aliphatic carbocycles. The first-order valence-electron chi connectivity index (χ1n) is 10.7. The molecule has 0 unspecified atom stereocenters. The smallest absolute Gasteiger partial charge is 0.416 e. The molecule has 0 bridgehead atoms. The fourth-order valence-electron chi connectivity index (χ4n) is 3.31. The molecular weight excluding hydrogens is 497 g/mol. The number of hydrogen-bond acceptors (Lipinski definition) is 5. The van der Waals surface area contributed by atoms with Crippen molar-refractivity contribution >= 4 is 27.6 Å². The van der Waals surface area contributed by atoms with Gasteiger partial charge in [0.25, 0.3) is 15.9 Å². The highest BCUT2D eigenvalue weighted by Crippen LogP contribution is 2.31. The Morgan fingerprint density at radius 2 is 1.61 bits per heavy atom. The van der Waals surface area contributed by atoms with E-state index in [4.69, 9.17) is 4.74 Å². The summed E-state index contributed by atoms with van der Waals surface area (Å²) in [6, 6.07) is 17.8. The van der Waals surface area contributed by atoms with Crippen molar-refractivity contribution < 1.29 is 35.9 Å². The number of nitrogens with one attached hydrogen (secondary N) is 1. The molecule has 11 heteroatoms. The molecule has 36 heavy (non-hydrogen) atoms. The summed E-state index contributed by atoms with van der Waals surface area (Å²) >= 11 is 0. The van der Waals surface area contributed by atoms with E-state index in [0.29, 0.717) is 6.07 Å².